The summed E-state index contributed by atoms with van der Waals surface area (Å²) in [4.78, 5) is 14.0. The van der Waals surface area contributed by atoms with E-state index in [0.717, 1.165) is 28.5 Å². The average molecular weight is 433 g/mol. The topological polar surface area (TPSA) is 29.5 Å². The molecule has 1 saturated heterocycles. The highest BCUT2D eigenvalue weighted by Gasteiger charge is 2.32. The van der Waals surface area contributed by atoms with Gasteiger partial charge in [-0.2, -0.15) is 0 Å². The van der Waals surface area contributed by atoms with E-state index in [1.165, 1.54) is 5.56 Å². The number of likely N-dealkylation sites (tertiary alicyclic amines) is 1. The maximum atomic E-state index is 12.2. The zero-order valence-corrected chi connectivity index (χ0v) is 16.7. The summed E-state index contributed by atoms with van der Waals surface area (Å²) < 4.78 is 7.64. The first-order chi connectivity index (χ1) is 10.2. The number of carbonyl (C=O) groups is 1. The van der Waals surface area contributed by atoms with Crippen LogP contribution in [0.2, 0.25) is 0 Å². The summed E-state index contributed by atoms with van der Waals surface area (Å²) >= 11 is 7.11. The van der Waals surface area contributed by atoms with Crippen LogP contribution in [0.1, 0.15) is 45.6 Å². The Balaban J connectivity index is 2.05. The van der Waals surface area contributed by atoms with E-state index in [2.05, 4.69) is 50.9 Å². The van der Waals surface area contributed by atoms with Crippen LogP contribution in [0.4, 0.5) is 4.79 Å². The standard InChI is InChI=1S/C17H23Br2NO2/c1-11-10-20(16(21)22-17(2,3)4)6-5-15(11)12-7-13(18)9-14(19)8-12/h7-9,11,15H,5-6,10H2,1-4H3. The Labute approximate surface area is 149 Å². The SMILES string of the molecule is CC1CN(C(=O)OC(C)(C)C)CCC1c1cc(Br)cc(Br)c1. The Morgan fingerprint density at radius 1 is 1.23 bits per heavy atom. The van der Waals surface area contributed by atoms with Crippen LogP contribution >= 0.6 is 31.9 Å². The second kappa shape index (κ2) is 6.91. The lowest BCUT2D eigenvalue weighted by Gasteiger charge is -2.38. The third kappa shape index (κ3) is 4.72. The molecule has 0 saturated carbocycles. The van der Waals surface area contributed by atoms with Gasteiger partial charge < -0.3 is 9.64 Å². The Bertz CT molecular complexity index is 534. The van der Waals surface area contributed by atoms with Gasteiger partial charge in [0.1, 0.15) is 5.60 Å². The molecule has 5 heteroatoms. The highest BCUT2D eigenvalue weighted by atomic mass is 79.9. The normalized spacial score (nSPS) is 22.5. The first kappa shape index (κ1) is 17.8. The summed E-state index contributed by atoms with van der Waals surface area (Å²) in [6.07, 6.45) is 0.761. The number of nitrogens with zero attached hydrogens (tertiary/aromatic N) is 1. The van der Waals surface area contributed by atoms with Crippen LogP contribution in [0, 0.1) is 5.92 Å². The van der Waals surface area contributed by atoms with Crippen molar-refractivity contribution in [3.8, 4) is 0 Å². The third-order valence-electron chi connectivity index (χ3n) is 3.87. The lowest BCUT2D eigenvalue weighted by Crippen LogP contribution is -2.44. The van der Waals surface area contributed by atoms with Gasteiger partial charge in [0.15, 0.2) is 0 Å². The van der Waals surface area contributed by atoms with Crippen LogP contribution < -0.4 is 0 Å². The number of rotatable bonds is 1. The van der Waals surface area contributed by atoms with Crippen molar-refractivity contribution < 1.29 is 9.53 Å². The molecule has 22 heavy (non-hydrogen) atoms. The minimum absolute atomic E-state index is 0.201. The molecule has 1 aromatic carbocycles. The van der Waals surface area contributed by atoms with Crippen LogP contribution in [0.25, 0.3) is 0 Å². The number of piperidine rings is 1. The van der Waals surface area contributed by atoms with E-state index < -0.39 is 5.60 Å². The second-order valence-corrected chi connectivity index (χ2v) is 8.83. The zero-order valence-electron chi connectivity index (χ0n) is 13.5. The number of halogens is 2. The molecule has 0 bridgehead atoms. The molecule has 1 heterocycles. The lowest BCUT2D eigenvalue weighted by molar-refractivity contribution is 0.0155. The Morgan fingerprint density at radius 3 is 2.32 bits per heavy atom. The van der Waals surface area contributed by atoms with E-state index in [1.807, 2.05) is 31.7 Å². The van der Waals surface area contributed by atoms with Crippen molar-refractivity contribution in [3.05, 3.63) is 32.7 Å². The molecule has 0 aromatic heterocycles. The minimum Gasteiger partial charge on any atom is -0.444 e. The fraction of sp³-hybridized carbons (Fsp3) is 0.588. The van der Waals surface area contributed by atoms with Crippen LogP contribution in [-0.2, 0) is 4.74 Å². The fourth-order valence-electron chi connectivity index (χ4n) is 2.92. The molecule has 1 aromatic rings. The van der Waals surface area contributed by atoms with Crippen molar-refractivity contribution in [3.63, 3.8) is 0 Å². The van der Waals surface area contributed by atoms with Gasteiger partial charge in [0.05, 0.1) is 0 Å². The summed E-state index contributed by atoms with van der Waals surface area (Å²) in [6, 6.07) is 6.40. The van der Waals surface area contributed by atoms with E-state index in [9.17, 15) is 4.79 Å². The second-order valence-electron chi connectivity index (χ2n) is 7.00. The molecule has 0 aliphatic carbocycles. The number of amides is 1. The molecular formula is C17H23Br2NO2. The highest BCUT2D eigenvalue weighted by molar-refractivity contribution is 9.11. The van der Waals surface area contributed by atoms with Gasteiger partial charge in [-0.25, -0.2) is 4.79 Å². The van der Waals surface area contributed by atoms with Crippen LogP contribution in [0.15, 0.2) is 27.1 Å². The van der Waals surface area contributed by atoms with Crippen molar-refractivity contribution in [2.75, 3.05) is 13.1 Å². The molecule has 122 valence electrons. The molecule has 1 aliphatic heterocycles. The smallest absolute Gasteiger partial charge is 0.410 e. The van der Waals surface area contributed by atoms with Gasteiger partial charge in [-0.05, 0) is 62.8 Å². The summed E-state index contributed by atoms with van der Waals surface area (Å²) in [5.41, 5.74) is 0.879. The summed E-state index contributed by atoms with van der Waals surface area (Å²) in [7, 11) is 0. The molecule has 1 fully saturated rings. The van der Waals surface area contributed by atoms with Crippen LogP contribution in [0.5, 0.6) is 0 Å². The summed E-state index contributed by atoms with van der Waals surface area (Å²) in [6.45, 7) is 9.40. The molecule has 0 N–H and O–H groups in total. The fourth-order valence-corrected chi connectivity index (χ4v) is 4.25. The number of carbonyl (C=O) groups excluding carboxylic acids is 1. The molecule has 0 spiro atoms. The van der Waals surface area contributed by atoms with Crippen molar-refractivity contribution in [1.82, 2.24) is 4.90 Å². The minimum atomic E-state index is -0.438. The molecule has 2 unspecified atom stereocenters. The zero-order chi connectivity index (χ0) is 16.5. The maximum absolute atomic E-state index is 12.2. The molecule has 1 amide bonds. The monoisotopic (exact) mass is 431 g/mol. The molecule has 3 nitrogen and oxygen atoms in total. The largest absolute Gasteiger partial charge is 0.444 e. The summed E-state index contributed by atoms with van der Waals surface area (Å²) in [5, 5.41) is 0. The molecule has 2 rings (SSSR count). The Hall–Kier alpha value is -0.550. The summed E-state index contributed by atoms with van der Waals surface area (Å²) in [5.74, 6) is 0.870. The van der Waals surface area contributed by atoms with Crippen molar-refractivity contribution >= 4 is 38.0 Å². The number of benzene rings is 1. The van der Waals surface area contributed by atoms with E-state index in [0.29, 0.717) is 11.8 Å². The van der Waals surface area contributed by atoms with Crippen molar-refractivity contribution in [1.29, 1.82) is 0 Å². The van der Waals surface area contributed by atoms with Gasteiger partial charge in [-0.1, -0.05) is 38.8 Å². The average Bonchev–Trinajstić information content (AvgIpc) is 2.35. The van der Waals surface area contributed by atoms with Gasteiger partial charge in [0.25, 0.3) is 0 Å². The van der Waals surface area contributed by atoms with Gasteiger partial charge >= 0.3 is 6.09 Å². The predicted octanol–water partition coefficient (Wildman–Crippen LogP) is 5.57. The van der Waals surface area contributed by atoms with Crippen LogP contribution in [-0.4, -0.2) is 29.7 Å². The number of hydrogen-bond donors (Lipinski definition) is 0. The molecule has 2 atom stereocenters. The van der Waals surface area contributed by atoms with E-state index in [-0.39, 0.29) is 6.09 Å². The predicted molar refractivity (Wildman–Crippen MR) is 96.2 cm³/mol. The lowest BCUT2D eigenvalue weighted by atomic mass is 9.82. The van der Waals surface area contributed by atoms with Crippen molar-refractivity contribution in [2.45, 2.75) is 45.6 Å². The molecular weight excluding hydrogens is 410 g/mol. The van der Waals surface area contributed by atoms with Gasteiger partial charge in [0.2, 0.25) is 0 Å². The Kier molecular flexibility index (Phi) is 5.59. The molecule has 1 aliphatic rings. The van der Waals surface area contributed by atoms with Gasteiger partial charge in [0, 0.05) is 22.0 Å². The van der Waals surface area contributed by atoms with Crippen LogP contribution in [0.3, 0.4) is 0 Å². The van der Waals surface area contributed by atoms with Crippen molar-refractivity contribution in [2.24, 2.45) is 5.92 Å². The van der Waals surface area contributed by atoms with E-state index in [4.69, 9.17) is 4.74 Å². The molecule has 0 radical (unpaired) electrons. The van der Waals surface area contributed by atoms with Gasteiger partial charge in [-0.15, -0.1) is 0 Å². The number of ether oxygens (including phenoxy) is 1. The Morgan fingerprint density at radius 2 is 1.82 bits per heavy atom. The first-order valence-corrected chi connectivity index (χ1v) is 9.18. The third-order valence-corrected chi connectivity index (χ3v) is 4.79. The van der Waals surface area contributed by atoms with Gasteiger partial charge in [-0.3, -0.25) is 0 Å². The van der Waals surface area contributed by atoms with E-state index in [1.54, 1.807) is 0 Å². The quantitative estimate of drug-likeness (QED) is 0.580. The first-order valence-electron chi connectivity index (χ1n) is 7.59. The maximum Gasteiger partial charge on any atom is 0.410 e. The van der Waals surface area contributed by atoms with E-state index >= 15 is 0 Å². The number of hydrogen-bond acceptors (Lipinski definition) is 2. The highest BCUT2D eigenvalue weighted by Crippen LogP contribution is 2.35.